The summed E-state index contributed by atoms with van der Waals surface area (Å²) in [6, 6.07) is 1.87. The minimum atomic E-state index is -0.120. The smallest absolute Gasteiger partial charge is 0.225 e. The Morgan fingerprint density at radius 3 is 2.53 bits per heavy atom. The molecule has 1 fully saturated rings. The van der Waals surface area contributed by atoms with Gasteiger partial charge in [0.15, 0.2) is 0 Å². The number of hydrogen-bond donors (Lipinski definition) is 1. The molecule has 92 valence electrons. The highest BCUT2D eigenvalue weighted by Crippen LogP contribution is 2.23. The number of aromatic nitrogens is 2. The van der Waals surface area contributed by atoms with Gasteiger partial charge >= 0.3 is 0 Å². The van der Waals surface area contributed by atoms with Crippen LogP contribution in [0.1, 0.15) is 27.2 Å². The highest BCUT2D eigenvalue weighted by molar-refractivity contribution is 5.80. The van der Waals surface area contributed by atoms with Crippen LogP contribution >= 0.6 is 0 Å². The Morgan fingerprint density at radius 2 is 2.00 bits per heavy atom. The Labute approximate surface area is 101 Å². The number of amides is 1. The molecule has 17 heavy (non-hydrogen) atoms. The van der Waals surface area contributed by atoms with Gasteiger partial charge in [0.2, 0.25) is 11.9 Å². The van der Waals surface area contributed by atoms with Gasteiger partial charge in [0.25, 0.3) is 0 Å². The predicted octanol–water partition coefficient (Wildman–Crippen LogP) is 1.29. The predicted molar refractivity (Wildman–Crippen MR) is 65.5 cm³/mol. The molecule has 5 heteroatoms. The van der Waals surface area contributed by atoms with Crippen molar-refractivity contribution < 1.29 is 4.79 Å². The lowest BCUT2D eigenvalue weighted by atomic mass is 10.1. The maximum atomic E-state index is 11.9. The van der Waals surface area contributed by atoms with E-state index in [0.717, 1.165) is 0 Å². The molecule has 1 saturated heterocycles. The summed E-state index contributed by atoms with van der Waals surface area (Å²) in [5.41, 5.74) is -0.120. The van der Waals surface area contributed by atoms with Crippen LogP contribution in [0.5, 0.6) is 0 Å². The topological polar surface area (TPSA) is 58.1 Å². The fourth-order valence-corrected chi connectivity index (χ4v) is 2.01. The molecule has 1 unspecified atom stereocenters. The Hall–Kier alpha value is -1.65. The van der Waals surface area contributed by atoms with Gasteiger partial charge in [-0.2, -0.15) is 0 Å². The second-order valence-corrected chi connectivity index (χ2v) is 5.29. The molecule has 1 atom stereocenters. The maximum absolute atomic E-state index is 11.9. The highest BCUT2D eigenvalue weighted by Gasteiger charge is 2.36. The van der Waals surface area contributed by atoms with Crippen molar-refractivity contribution in [3.63, 3.8) is 0 Å². The summed E-state index contributed by atoms with van der Waals surface area (Å²) in [5.74, 6) is 0.770. The first-order chi connectivity index (χ1) is 7.97. The summed E-state index contributed by atoms with van der Waals surface area (Å²) >= 11 is 0. The van der Waals surface area contributed by atoms with Gasteiger partial charge in [-0.1, -0.05) is 0 Å². The first-order valence-electron chi connectivity index (χ1n) is 5.81. The molecule has 1 amide bonds. The quantitative estimate of drug-likeness (QED) is 0.837. The molecule has 2 heterocycles. The maximum Gasteiger partial charge on any atom is 0.225 e. The number of likely N-dealkylation sites (tertiary alicyclic amines) is 1. The summed E-state index contributed by atoms with van der Waals surface area (Å²) in [7, 11) is 0. The van der Waals surface area contributed by atoms with Gasteiger partial charge in [-0.05, 0) is 26.8 Å². The van der Waals surface area contributed by atoms with Crippen LogP contribution in [0, 0.1) is 0 Å². The number of hydrogen-bond acceptors (Lipinski definition) is 4. The number of carbonyl (C=O) groups excluding carboxylic acids is 1. The van der Waals surface area contributed by atoms with Crippen molar-refractivity contribution in [2.45, 2.75) is 38.8 Å². The SMILES string of the molecule is CC(C)(C)N1CC(Nc2ncccn2)CC1=O. The minimum absolute atomic E-state index is 0.101. The molecule has 0 aromatic carbocycles. The largest absolute Gasteiger partial charge is 0.349 e. The molecule has 5 nitrogen and oxygen atoms in total. The minimum Gasteiger partial charge on any atom is -0.349 e. The molecule has 1 aliphatic rings. The van der Waals surface area contributed by atoms with Crippen LogP contribution in [0.15, 0.2) is 18.5 Å². The van der Waals surface area contributed by atoms with E-state index in [1.54, 1.807) is 18.5 Å². The van der Waals surface area contributed by atoms with E-state index in [1.807, 2.05) is 25.7 Å². The summed E-state index contributed by atoms with van der Waals surface area (Å²) in [6.07, 6.45) is 3.89. The molecular formula is C12H18N4O. The standard InChI is InChI=1S/C12H18N4O/c1-12(2,3)16-8-9(7-10(16)17)15-11-13-5-4-6-14-11/h4-6,9H,7-8H2,1-3H3,(H,13,14,15). The third kappa shape index (κ3) is 2.72. The van der Waals surface area contributed by atoms with Crippen molar-refractivity contribution in [2.24, 2.45) is 0 Å². The fourth-order valence-electron chi connectivity index (χ4n) is 2.01. The summed E-state index contributed by atoms with van der Waals surface area (Å²) < 4.78 is 0. The van der Waals surface area contributed by atoms with E-state index in [-0.39, 0.29) is 17.5 Å². The zero-order valence-corrected chi connectivity index (χ0v) is 10.5. The van der Waals surface area contributed by atoms with Gasteiger partial charge in [0.1, 0.15) is 0 Å². The zero-order valence-electron chi connectivity index (χ0n) is 10.5. The van der Waals surface area contributed by atoms with Crippen LogP contribution in [0.25, 0.3) is 0 Å². The van der Waals surface area contributed by atoms with Gasteiger partial charge < -0.3 is 10.2 Å². The number of rotatable bonds is 2. The molecule has 0 aliphatic carbocycles. The highest BCUT2D eigenvalue weighted by atomic mass is 16.2. The van der Waals surface area contributed by atoms with E-state index < -0.39 is 0 Å². The normalized spacial score (nSPS) is 20.8. The van der Waals surface area contributed by atoms with E-state index in [2.05, 4.69) is 15.3 Å². The Morgan fingerprint density at radius 1 is 1.35 bits per heavy atom. The van der Waals surface area contributed by atoms with E-state index in [1.165, 1.54) is 0 Å². The van der Waals surface area contributed by atoms with Gasteiger partial charge in [-0.15, -0.1) is 0 Å². The lowest BCUT2D eigenvalue weighted by Crippen LogP contribution is -2.43. The van der Waals surface area contributed by atoms with E-state index in [0.29, 0.717) is 18.9 Å². The van der Waals surface area contributed by atoms with Crippen LogP contribution < -0.4 is 5.32 Å². The molecule has 2 rings (SSSR count). The second-order valence-electron chi connectivity index (χ2n) is 5.29. The molecule has 1 aromatic rings. The molecule has 0 saturated carbocycles. The third-order valence-corrected chi connectivity index (χ3v) is 2.83. The number of nitrogens with zero attached hydrogens (tertiary/aromatic N) is 3. The molecule has 1 aliphatic heterocycles. The Kier molecular flexibility index (Phi) is 3.00. The third-order valence-electron chi connectivity index (χ3n) is 2.83. The molecule has 0 spiro atoms. The van der Waals surface area contributed by atoms with Crippen LogP contribution in [-0.4, -0.2) is 38.9 Å². The van der Waals surface area contributed by atoms with Gasteiger partial charge in [-0.3, -0.25) is 4.79 Å². The summed E-state index contributed by atoms with van der Waals surface area (Å²) in [4.78, 5) is 22.0. The Bertz CT molecular complexity index is 399. The monoisotopic (exact) mass is 234 g/mol. The van der Waals surface area contributed by atoms with Crippen LogP contribution in [0.4, 0.5) is 5.95 Å². The number of nitrogens with one attached hydrogen (secondary N) is 1. The zero-order chi connectivity index (χ0) is 12.5. The molecule has 1 aromatic heterocycles. The first kappa shape index (κ1) is 11.8. The number of carbonyl (C=O) groups is 1. The molecule has 0 bridgehead atoms. The van der Waals surface area contributed by atoms with Gasteiger partial charge in [-0.25, -0.2) is 9.97 Å². The van der Waals surface area contributed by atoms with Gasteiger partial charge in [0, 0.05) is 30.9 Å². The van der Waals surface area contributed by atoms with Crippen molar-refractivity contribution in [3.05, 3.63) is 18.5 Å². The van der Waals surface area contributed by atoms with Crippen LogP contribution in [0.2, 0.25) is 0 Å². The average molecular weight is 234 g/mol. The van der Waals surface area contributed by atoms with Crippen molar-refractivity contribution >= 4 is 11.9 Å². The van der Waals surface area contributed by atoms with E-state index >= 15 is 0 Å². The molecule has 1 N–H and O–H groups in total. The van der Waals surface area contributed by atoms with Crippen molar-refractivity contribution in [3.8, 4) is 0 Å². The van der Waals surface area contributed by atoms with Crippen molar-refractivity contribution in [1.29, 1.82) is 0 Å². The van der Waals surface area contributed by atoms with Crippen molar-refractivity contribution in [1.82, 2.24) is 14.9 Å². The summed E-state index contributed by atoms with van der Waals surface area (Å²) in [6.45, 7) is 6.85. The average Bonchev–Trinajstić information content (AvgIpc) is 2.60. The second kappa shape index (κ2) is 4.31. The molecular weight excluding hydrogens is 216 g/mol. The summed E-state index contributed by atoms with van der Waals surface area (Å²) in [5, 5.41) is 3.19. The van der Waals surface area contributed by atoms with Gasteiger partial charge in [0.05, 0.1) is 6.04 Å². The lowest BCUT2D eigenvalue weighted by molar-refractivity contribution is -0.131. The van der Waals surface area contributed by atoms with Crippen LogP contribution in [-0.2, 0) is 4.79 Å². The van der Waals surface area contributed by atoms with E-state index in [4.69, 9.17) is 0 Å². The fraction of sp³-hybridized carbons (Fsp3) is 0.583. The van der Waals surface area contributed by atoms with Crippen molar-refractivity contribution in [2.75, 3.05) is 11.9 Å². The first-order valence-corrected chi connectivity index (χ1v) is 5.81. The number of anilines is 1. The Balaban J connectivity index is 2.01. The van der Waals surface area contributed by atoms with E-state index in [9.17, 15) is 4.79 Å². The molecule has 0 radical (unpaired) electrons. The van der Waals surface area contributed by atoms with Crippen LogP contribution in [0.3, 0.4) is 0 Å². The lowest BCUT2D eigenvalue weighted by Gasteiger charge is -2.32.